The molecule has 1 amide bonds. The van der Waals surface area contributed by atoms with Crippen molar-refractivity contribution >= 4 is 11.6 Å². The quantitative estimate of drug-likeness (QED) is 0.746. The molecule has 0 spiro atoms. The lowest BCUT2D eigenvalue weighted by Crippen LogP contribution is -2.37. The summed E-state index contributed by atoms with van der Waals surface area (Å²) in [5.41, 5.74) is 6.05. The van der Waals surface area contributed by atoms with Crippen LogP contribution in [0, 0.1) is 0 Å². The number of carbonyl (C=O) groups excluding carboxylic acids is 1. The van der Waals surface area contributed by atoms with Gasteiger partial charge in [0.1, 0.15) is 6.54 Å². The van der Waals surface area contributed by atoms with Gasteiger partial charge in [-0.25, -0.2) is 5.06 Å². The van der Waals surface area contributed by atoms with E-state index in [2.05, 4.69) is 5.10 Å². The number of nitrogen functional groups attached to an aromatic ring is 1. The zero-order valence-corrected chi connectivity index (χ0v) is 8.43. The van der Waals surface area contributed by atoms with Crippen LogP contribution in [0.15, 0.2) is 12.4 Å². The molecule has 82 valence electrons. The summed E-state index contributed by atoms with van der Waals surface area (Å²) in [5.74, 6) is -0.0854. The minimum atomic E-state index is -0.0854. The van der Waals surface area contributed by atoms with Crippen LogP contribution in [-0.4, -0.2) is 33.9 Å². The smallest absolute Gasteiger partial charge is 0.267 e. The molecule has 0 radical (unpaired) electrons. The van der Waals surface area contributed by atoms with Gasteiger partial charge in [0, 0.05) is 12.7 Å². The Morgan fingerprint density at radius 3 is 3.07 bits per heavy atom. The summed E-state index contributed by atoms with van der Waals surface area (Å²) in [6.45, 7) is 1.46. The van der Waals surface area contributed by atoms with Gasteiger partial charge in [0.15, 0.2) is 0 Å². The average molecular weight is 210 g/mol. The molecule has 0 atom stereocenters. The second kappa shape index (κ2) is 4.31. The molecule has 15 heavy (non-hydrogen) atoms. The largest absolute Gasteiger partial charge is 0.396 e. The number of aromatic nitrogens is 2. The Kier molecular flexibility index (Phi) is 2.86. The molecule has 2 rings (SSSR count). The number of nitrogens with zero attached hydrogens (tertiary/aromatic N) is 3. The number of hydroxylamine groups is 2. The molecule has 0 aliphatic carbocycles. The van der Waals surface area contributed by atoms with E-state index in [0.29, 0.717) is 18.8 Å². The lowest BCUT2D eigenvalue weighted by molar-refractivity contribution is -0.197. The number of hydrogen-bond acceptors (Lipinski definition) is 4. The summed E-state index contributed by atoms with van der Waals surface area (Å²) in [6.07, 6.45) is 5.15. The SMILES string of the molecule is Nc1cnn(CC(=O)N2CCCCO2)c1. The molecule has 1 aromatic rings. The third-order valence-corrected chi connectivity index (χ3v) is 2.23. The minimum absolute atomic E-state index is 0.0854. The molecule has 0 saturated carbocycles. The summed E-state index contributed by atoms with van der Waals surface area (Å²) in [5, 5.41) is 5.34. The second-order valence-electron chi connectivity index (χ2n) is 3.51. The molecule has 2 N–H and O–H groups in total. The maximum absolute atomic E-state index is 11.7. The van der Waals surface area contributed by atoms with E-state index in [9.17, 15) is 4.79 Å². The van der Waals surface area contributed by atoms with E-state index in [4.69, 9.17) is 10.6 Å². The molecular formula is C9H14N4O2. The van der Waals surface area contributed by atoms with Crippen LogP contribution in [0.2, 0.25) is 0 Å². The molecule has 1 saturated heterocycles. The summed E-state index contributed by atoms with van der Waals surface area (Å²) in [6, 6.07) is 0. The zero-order valence-electron chi connectivity index (χ0n) is 8.43. The molecule has 0 aromatic carbocycles. The highest BCUT2D eigenvalue weighted by Crippen LogP contribution is 2.07. The predicted octanol–water partition coefficient (Wildman–Crippen LogP) is 0.0193. The van der Waals surface area contributed by atoms with Gasteiger partial charge in [0.2, 0.25) is 0 Å². The van der Waals surface area contributed by atoms with Crippen molar-refractivity contribution in [2.75, 3.05) is 18.9 Å². The lowest BCUT2D eigenvalue weighted by atomic mass is 10.3. The van der Waals surface area contributed by atoms with Crippen LogP contribution >= 0.6 is 0 Å². The Hall–Kier alpha value is -1.56. The van der Waals surface area contributed by atoms with Gasteiger partial charge in [-0.2, -0.15) is 5.10 Å². The number of nitrogens with two attached hydrogens (primary N) is 1. The fourth-order valence-corrected chi connectivity index (χ4v) is 1.48. The van der Waals surface area contributed by atoms with Gasteiger partial charge in [0.25, 0.3) is 5.91 Å². The standard InChI is InChI=1S/C9H14N4O2/c10-8-5-11-12(6-8)7-9(14)13-3-1-2-4-15-13/h5-6H,1-4,7,10H2. The number of rotatable bonds is 2. The Morgan fingerprint density at radius 1 is 1.60 bits per heavy atom. The normalized spacial score (nSPS) is 16.7. The van der Waals surface area contributed by atoms with Crippen LogP contribution in [0.4, 0.5) is 5.69 Å². The lowest BCUT2D eigenvalue weighted by Gasteiger charge is -2.25. The summed E-state index contributed by atoms with van der Waals surface area (Å²) >= 11 is 0. The maximum atomic E-state index is 11.7. The van der Waals surface area contributed by atoms with E-state index in [1.54, 1.807) is 6.20 Å². The fraction of sp³-hybridized carbons (Fsp3) is 0.556. The monoisotopic (exact) mass is 210 g/mol. The van der Waals surface area contributed by atoms with E-state index < -0.39 is 0 Å². The Morgan fingerprint density at radius 2 is 2.47 bits per heavy atom. The van der Waals surface area contributed by atoms with Crippen LogP contribution in [0.25, 0.3) is 0 Å². The van der Waals surface area contributed by atoms with Crippen LogP contribution in [0.1, 0.15) is 12.8 Å². The number of anilines is 1. The van der Waals surface area contributed by atoms with E-state index >= 15 is 0 Å². The van der Waals surface area contributed by atoms with E-state index in [0.717, 1.165) is 12.8 Å². The van der Waals surface area contributed by atoms with Gasteiger partial charge in [-0.3, -0.25) is 14.3 Å². The third kappa shape index (κ3) is 2.47. The number of hydrogen-bond donors (Lipinski definition) is 1. The second-order valence-corrected chi connectivity index (χ2v) is 3.51. The van der Waals surface area contributed by atoms with Crippen molar-refractivity contribution < 1.29 is 9.63 Å². The van der Waals surface area contributed by atoms with Gasteiger partial charge in [0.05, 0.1) is 18.5 Å². The molecule has 6 nitrogen and oxygen atoms in total. The third-order valence-electron chi connectivity index (χ3n) is 2.23. The highest BCUT2D eigenvalue weighted by molar-refractivity contribution is 5.74. The fourth-order valence-electron chi connectivity index (χ4n) is 1.48. The molecule has 0 unspecified atom stereocenters. The number of amides is 1. The molecule has 1 aromatic heterocycles. The summed E-state index contributed by atoms with van der Waals surface area (Å²) in [7, 11) is 0. The van der Waals surface area contributed by atoms with Gasteiger partial charge in [-0.05, 0) is 12.8 Å². The zero-order chi connectivity index (χ0) is 10.7. The maximum Gasteiger partial charge on any atom is 0.267 e. The van der Waals surface area contributed by atoms with Crippen molar-refractivity contribution in [2.24, 2.45) is 0 Å². The van der Waals surface area contributed by atoms with Gasteiger partial charge >= 0.3 is 0 Å². The van der Waals surface area contributed by atoms with Crippen LogP contribution in [0.5, 0.6) is 0 Å². The van der Waals surface area contributed by atoms with Crippen LogP contribution in [0.3, 0.4) is 0 Å². The molecule has 6 heteroatoms. The van der Waals surface area contributed by atoms with Crippen LogP contribution in [-0.2, 0) is 16.2 Å². The Labute approximate surface area is 87.6 Å². The molecule has 2 heterocycles. The van der Waals surface area contributed by atoms with Gasteiger partial charge < -0.3 is 5.73 Å². The van der Waals surface area contributed by atoms with Crippen molar-refractivity contribution in [3.63, 3.8) is 0 Å². The average Bonchev–Trinajstić information content (AvgIpc) is 2.65. The van der Waals surface area contributed by atoms with Crippen molar-refractivity contribution in [3.05, 3.63) is 12.4 Å². The van der Waals surface area contributed by atoms with Gasteiger partial charge in [-0.15, -0.1) is 0 Å². The minimum Gasteiger partial charge on any atom is -0.396 e. The highest BCUT2D eigenvalue weighted by atomic mass is 16.7. The summed E-state index contributed by atoms with van der Waals surface area (Å²) in [4.78, 5) is 16.9. The Balaban J connectivity index is 1.91. The van der Waals surface area contributed by atoms with Crippen LogP contribution < -0.4 is 5.73 Å². The first kappa shape index (κ1) is 9.97. The first-order valence-electron chi connectivity index (χ1n) is 4.97. The molecule has 1 fully saturated rings. The van der Waals surface area contributed by atoms with E-state index in [-0.39, 0.29) is 12.5 Å². The van der Waals surface area contributed by atoms with E-state index in [1.165, 1.54) is 15.9 Å². The van der Waals surface area contributed by atoms with E-state index in [1.807, 2.05) is 0 Å². The predicted molar refractivity (Wildman–Crippen MR) is 53.5 cm³/mol. The molecule has 1 aliphatic heterocycles. The number of carbonyl (C=O) groups is 1. The van der Waals surface area contributed by atoms with Crippen molar-refractivity contribution in [2.45, 2.75) is 19.4 Å². The first-order valence-corrected chi connectivity index (χ1v) is 4.97. The molecule has 1 aliphatic rings. The van der Waals surface area contributed by atoms with Gasteiger partial charge in [-0.1, -0.05) is 0 Å². The topological polar surface area (TPSA) is 73.4 Å². The molecule has 0 bridgehead atoms. The first-order chi connectivity index (χ1) is 7.25. The van der Waals surface area contributed by atoms with Crippen molar-refractivity contribution in [1.29, 1.82) is 0 Å². The van der Waals surface area contributed by atoms with Crippen molar-refractivity contribution in [1.82, 2.24) is 14.8 Å². The highest BCUT2D eigenvalue weighted by Gasteiger charge is 2.17. The summed E-state index contributed by atoms with van der Waals surface area (Å²) < 4.78 is 1.51. The van der Waals surface area contributed by atoms with Crippen molar-refractivity contribution in [3.8, 4) is 0 Å². The Bertz CT molecular complexity index is 344. The molecular weight excluding hydrogens is 196 g/mol.